The maximum Gasteiger partial charge on any atom is 0.279 e. The van der Waals surface area contributed by atoms with Crippen molar-refractivity contribution in [2.24, 2.45) is 0 Å². The minimum atomic E-state index is -1.34. The molecule has 6 N–H and O–H groups in total. The van der Waals surface area contributed by atoms with E-state index in [0.29, 0.717) is 6.42 Å². The predicted molar refractivity (Wildman–Crippen MR) is 73.0 cm³/mol. The van der Waals surface area contributed by atoms with Gasteiger partial charge in [0, 0.05) is 23.5 Å². The summed E-state index contributed by atoms with van der Waals surface area (Å²) in [5, 5.41) is 23.3. The summed E-state index contributed by atoms with van der Waals surface area (Å²) in [5.74, 6) is -1.66. The monoisotopic (exact) mass is 291 g/mol. The Balaban J connectivity index is 2.10. The first-order valence-corrected chi connectivity index (χ1v) is 6.51. The van der Waals surface area contributed by atoms with E-state index in [1.54, 1.807) is 24.4 Å². The summed E-state index contributed by atoms with van der Waals surface area (Å²) in [6.45, 7) is 1.34. The zero-order valence-electron chi connectivity index (χ0n) is 11.6. The number of aromatic nitrogens is 1. The fourth-order valence-corrected chi connectivity index (χ4v) is 2.08. The second kappa shape index (κ2) is 5.84. The van der Waals surface area contributed by atoms with E-state index in [9.17, 15) is 19.8 Å². The third kappa shape index (κ3) is 3.32. The highest BCUT2D eigenvalue weighted by Gasteiger charge is 2.21. The molecule has 0 aliphatic rings. The van der Waals surface area contributed by atoms with Crippen LogP contribution < -0.4 is 16.2 Å². The topological polar surface area (TPSA) is 133 Å². The summed E-state index contributed by atoms with van der Waals surface area (Å²) in [5.41, 5.74) is 5.43. The molecule has 1 heterocycles. The molecule has 7 nitrogen and oxygen atoms in total. The van der Waals surface area contributed by atoms with Crippen LogP contribution >= 0.6 is 0 Å². The van der Waals surface area contributed by atoms with Crippen molar-refractivity contribution >= 4 is 22.8 Å². The molecular formula is C14H17N3O4. The Morgan fingerprint density at radius 3 is 2.86 bits per heavy atom. The lowest BCUT2D eigenvalue weighted by atomic mass is 10.0. The number of H-pyrrole nitrogens is 1. The third-order valence-corrected chi connectivity index (χ3v) is 3.30. The van der Waals surface area contributed by atoms with E-state index in [4.69, 9.17) is 0 Å². The molecule has 1 amide bonds. The normalized spacial score (nSPS) is 13.8. The van der Waals surface area contributed by atoms with Gasteiger partial charge in [-0.3, -0.25) is 4.79 Å². The molecule has 0 fully saturated rings. The number of aliphatic carboxylic acids is 1. The summed E-state index contributed by atoms with van der Waals surface area (Å²) in [4.78, 5) is 25.5. The molecule has 1 aromatic heterocycles. The molecule has 112 valence electrons. The van der Waals surface area contributed by atoms with Crippen LogP contribution in [0.1, 0.15) is 12.5 Å². The van der Waals surface area contributed by atoms with Crippen LogP contribution in [0, 0.1) is 0 Å². The van der Waals surface area contributed by atoms with Gasteiger partial charge in [0.2, 0.25) is 0 Å². The molecule has 0 saturated carbocycles. The van der Waals surface area contributed by atoms with E-state index in [-0.39, 0.29) is 5.75 Å². The quantitative estimate of drug-likeness (QED) is 0.521. The van der Waals surface area contributed by atoms with E-state index >= 15 is 0 Å². The number of benzene rings is 1. The predicted octanol–water partition coefficient (Wildman–Crippen LogP) is -1.72. The first-order chi connectivity index (χ1) is 9.88. The zero-order chi connectivity index (χ0) is 15.6. The number of carboxylic acid groups (broad SMARTS) is 1. The number of hydrogen-bond donors (Lipinski definition) is 4. The SMILES string of the molecule is C[C@H](NC(=O)[C@@H]([NH3+])Cc1c[nH]c2ccc(O)cc12)C(=O)[O-]. The Labute approximate surface area is 120 Å². The molecule has 2 aromatic rings. The zero-order valence-corrected chi connectivity index (χ0v) is 11.6. The number of aromatic hydroxyl groups is 1. The third-order valence-electron chi connectivity index (χ3n) is 3.30. The van der Waals surface area contributed by atoms with Crippen molar-refractivity contribution in [3.8, 4) is 5.75 Å². The number of carboxylic acids is 1. The lowest BCUT2D eigenvalue weighted by Gasteiger charge is -2.16. The first kappa shape index (κ1) is 14.9. The van der Waals surface area contributed by atoms with Gasteiger partial charge in [-0.1, -0.05) is 0 Å². The molecule has 0 saturated heterocycles. The van der Waals surface area contributed by atoms with Gasteiger partial charge in [-0.2, -0.15) is 0 Å². The number of carbonyl (C=O) groups excluding carboxylic acids is 2. The van der Waals surface area contributed by atoms with Crippen LogP contribution in [0.15, 0.2) is 24.4 Å². The van der Waals surface area contributed by atoms with Crippen LogP contribution in [0.5, 0.6) is 5.75 Å². The molecule has 7 heteroatoms. The minimum absolute atomic E-state index is 0.138. The highest BCUT2D eigenvalue weighted by molar-refractivity contribution is 5.88. The molecule has 0 unspecified atom stereocenters. The molecule has 1 aromatic carbocycles. The summed E-state index contributed by atoms with van der Waals surface area (Å²) < 4.78 is 0. The number of carbonyl (C=O) groups is 2. The molecule has 0 spiro atoms. The average Bonchev–Trinajstić information content (AvgIpc) is 2.81. The molecule has 0 aliphatic carbocycles. The molecule has 0 radical (unpaired) electrons. The number of rotatable bonds is 5. The van der Waals surface area contributed by atoms with Gasteiger partial charge in [-0.05, 0) is 30.7 Å². The Bertz CT molecular complexity index is 680. The van der Waals surface area contributed by atoms with Crippen LogP contribution in [0.25, 0.3) is 10.9 Å². The van der Waals surface area contributed by atoms with Crippen LogP contribution in [0.4, 0.5) is 0 Å². The van der Waals surface area contributed by atoms with Gasteiger partial charge in [-0.15, -0.1) is 0 Å². The Kier molecular flexibility index (Phi) is 4.13. The number of phenols is 1. The van der Waals surface area contributed by atoms with Gasteiger partial charge >= 0.3 is 0 Å². The maximum atomic E-state index is 11.9. The second-order valence-corrected chi connectivity index (χ2v) is 4.99. The van der Waals surface area contributed by atoms with Crippen LogP contribution in [0.3, 0.4) is 0 Å². The number of fused-ring (bicyclic) bond motifs is 1. The number of aromatic amines is 1. The van der Waals surface area contributed by atoms with Crippen molar-refractivity contribution in [1.29, 1.82) is 0 Å². The van der Waals surface area contributed by atoms with Crippen molar-refractivity contribution in [2.75, 3.05) is 0 Å². The Morgan fingerprint density at radius 1 is 1.48 bits per heavy atom. The smallest absolute Gasteiger partial charge is 0.279 e. The van der Waals surface area contributed by atoms with Crippen molar-refractivity contribution in [1.82, 2.24) is 10.3 Å². The molecule has 0 bridgehead atoms. The lowest BCUT2D eigenvalue weighted by Crippen LogP contribution is -2.69. The number of quaternary nitrogens is 1. The van der Waals surface area contributed by atoms with Crippen molar-refractivity contribution in [2.45, 2.75) is 25.4 Å². The van der Waals surface area contributed by atoms with Crippen LogP contribution in [-0.2, 0) is 16.0 Å². The summed E-state index contributed by atoms with van der Waals surface area (Å²) >= 11 is 0. The number of phenolic OH excluding ortho intramolecular Hbond substituents is 1. The van der Waals surface area contributed by atoms with E-state index < -0.39 is 24.0 Å². The fourth-order valence-electron chi connectivity index (χ4n) is 2.08. The van der Waals surface area contributed by atoms with Gasteiger partial charge in [0.25, 0.3) is 5.91 Å². The highest BCUT2D eigenvalue weighted by Crippen LogP contribution is 2.23. The van der Waals surface area contributed by atoms with Crippen molar-refractivity contribution in [3.05, 3.63) is 30.0 Å². The largest absolute Gasteiger partial charge is 0.548 e. The molecule has 2 rings (SSSR count). The highest BCUT2D eigenvalue weighted by atomic mass is 16.4. The van der Waals surface area contributed by atoms with Gasteiger partial charge in [0.15, 0.2) is 6.04 Å². The Hall–Kier alpha value is -2.54. The fraction of sp³-hybridized carbons (Fsp3) is 0.286. The van der Waals surface area contributed by atoms with Gasteiger partial charge < -0.3 is 31.0 Å². The second-order valence-electron chi connectivity index (χ2n) is 4.99. The summed E-state index contributed by atoms with van der Waals surface area (Å²) in [6, 6.07) is 3.21. The van der Waals surface area contributed by atoms with Crippen LogP contribution in [0.2, 0.25) is 0 Å². The lowest BCUT2D eigenvalue weighted by molar-refractivity contribution is -0.403. The van der Waals surface area contributed by atoms with Crippen molar-refractivity contribution < 1.29 is 25.5 Å². The van der Waals surface area contributed by atoms with Gasteiger partial charge in [0.1, 0.15) is 5.75 Å². The van der Waals surface area contributed by atoms with E-state index in [1.165, 1.54) is 6.92 Å². The molecule has 2 atom stereocenters. The van der Waals surface area contributed by atoms with Crippen LogP contribution in [-0.4, -0.2) is 34.1 Å². The summed E-state index contributed by atoms with van der Waals surface area (Å²) in [7, 11) is 0. The van der Waals surface area contributed by atoms with E-state index in [2.05, 4.69) is 16.0 Å². The van der Waals surface area contributed by atoms with Crippen molar-refractivity contribution in [3.63, 3.8) is 0 Å². The number of nitrogens with one attached hydrogen (secondary N) is 2. The van der Waals surface area contributed by atoms with E-state index in [1.807, 2.05) is 0 Å². The number of amides is 1. The first-order valence-electron chi connectivity index (χ1n) is 6.51. The molecule has 0 aliphatic heterocycles. The van der Waals surface area contributed by atoms with Gasteiger partial charge in [0.05, 0.1) is 12.0 Å². The molecule has 21 heavy (non-hydrogen) atoms. The maximum absolute atomic E-state index is 11.9. The molecular weight excluding hydrogens is 274 g/mol. The standard InChI is InChI=1S/C14H17N3O4/c1-7(14(20)21)17-13(19)11(15)4-8-6-16-12-3-2-9(18)5-10(8)12/h2-3,5-7,11,16,18H,4,15H2,1H3,(H,17,19)(H,20,21)/t7-,11-/m0/s1. The average molecular weight is 291 g/mol. The number of hydrogen-bond acceptors (Lipinski definition) is 4. The minimum Gasteiger partial charge on any atom is -0.548 e. The van der Waals surface area contributed by atoms with Gasteiger partial charge in [-0.25, -0.2) is 0 Å². The van der Waals surface area contributed by atoms with E-state index in [0.717, 1.165) is 16.5 Å². The Morgan fingerprint density at radius 2 is 2.19 bits per heavy atom. The summed E-state index contributed by atoms with van der Waals surface area (Å²) in [6.07, 6.45) is 2.08.